The highest BCUT2D eigenvalue weighted by Gasteiger charge is 2.24. The zero-order valence-corrected chi connectivity index (χ0v) is 7.86. The zero-order valence-electron chi connectivity index (χ0n) is 7.86. The van der Waals surface area contributed by atoms with E-state index in [-0.39, 0.29) is 11.9 Å². The highest BCUT2D eigenvalue weighted by atomic mass is 16.5. The second-order valence-electron chi connectivity index (χ2n) is 3.26. The summed E-state index contributed by atoms with van der Waals surface area (Å²) >= 11 is 0. The van der Waals surface area contributed by atoms with Crippen molar-refractivity contribution in [3.63, 3.8) is 0 Å². The van der Waals surface area contributed by atoms with Crippen molar-refractivity contribution >= 4 is 12.3 Å². The fraction of sp³-hybridized carbons (Fsp3) is 0.778. The van der Waals surface area contributed by atoms with E-state index in [1.807, 2.05) is 4.90 Å². The SMILES string of the molecule is COC(=O)C1CCN(CC=O)CC1. The fourth-order valence-corrected chi connectivity index (χ4v) is 1.62. The van der Waals surface area contributed by atoms with Crippen LogP contribution in [0.1, 0.15) is 12.8 Å². The highest BCUT2D eigenvalue weighted by molar-refractivity contribution is 5.72. The normalized spacial score (nSPS) is 19.8. The Morgan fingerprint density at radius 3 is 2.62 bits per heavy atom. The summed E-state index contributed by atoms with van der Waals surface area (Å²) in [5.41, 5.74) is 0. The third-order valence-corrected chi connectivity index (χ3v) is 2.45. The number of rotatable bonds is 3. The van der Waals surface area contributed by atoms with Gasteiger partial charge in [0.25, 0.3) is 0 Å². The summed E-state index contributed by atoms with van der Waals surface area (Å²) in [5, 5.41) is 0. The van der Waals surface area contributed by atoms with E-state index in [4.69, 9.17) is 0 Å². The standard InChI is InChI=1S/C9H15NO3/c1-13-9(12)8-2-4-10(5-3-8)6-7-11/h7-8H,2-6H2,1H3. The Labute approximate surface area is 77.8 Å². The quantitative estimate of drug-likeness (QED) is 0.461. The summed E-state index contributed by atoms with van der Waals surface area (Å²) in [6, 6.07) is 0. The molecule has 4 heteroatoms. The molecule has 0 spiro atoms. The van der Waals surface area contributed by atoms with Crippen LogP contribution >= 0.6 is 0 Å². The summed E-state index contributed by atoms with van der Waals surface area (Å²) in [7, 11) is 1.42. The molecule has 0 atom stereocenters. The number of methoxy groups -OCH3 is 1. The number of carbonyl (C=O) groups excluding carboxylic acids is 2. The monoisotopic (exact) mass is 185 g/mol. The molecular formula is C9H15NO3. The van der Waals surface area contributed by atoms with E-state index in [9.17, 15) is 9.59 Å². The Balaban J connectivity index is 2.30. The van der Waals surface area contributed by atoms with Gasteiger partial charge in [-0.2, -0.15) is 0 Å². The summed E-state index contributed by atoms with van der Waals surface area (Å²) < 4.78 is 4.66. The number of piperidine rings is 1. The van der Waals surface area contributed by atoms with Gasteiger partial charge in [-0.3, -0.25) is 9.69 Å². The minimum absolute atomic E-state index is 0.0351. The van der Waals surface area contributed by atoms with Gasteiger partial charge in [-0.1, -0.05) is 0 Å². The van der Waals surface area contributed by atoms with Crippen molar-refractivity contribution in [1.29, 1.82) is 0 Å². The summed E-state index contributed by atoms with van der Waals surface area (Å²) in [5.74, 6) is -0.0846. The maximum atomic E-state index is 11.1. The predicted octanol–water partition coefficient (Wildman–Crippen LogP) is 0.0703. The molecule has 1 saturated heterocycles. The maximum Gasteiger partial charge on any atom is 0.308 e. The Kier molecular flexibility index (Phi) is 3.89. The van der Waals surface area contributed by atoms with Crippen LogP contribution in [-0.2, 0) is 14.3 Å². The molecular weight excluding hydrogens is 170 g/mol. The smallest absolute Gasteiger partial charge is 0.308 e. The Hall–Kier alpha value is -0.900. The van der Waals surface area contributed by atoms with Crippen molar-refractivity contribution < 1.29 is 14.3 Å². The molecule has 0 saturated carbocycles. The topological polar surface area (TPSA) is 46.6 Å². The first-order valence-corrected chi connectivity index (χ1v) is 4.51. The lowest BCUT2D eigenvalue weighted by molar-refractivity contribution is -0.147. The van der Waals surface area contributed by atoms with Crippen LogP contribution in [0.25, 0.3) is 0 Å². The van der Waals surface area contributed by atoms with Gasteiger partial charge in [-0.05, 0) is 25.9 Å². The van der Waals surface area contributed by atoms with Crippen molar-refractivity contribution in [2.75, 3.05) is 26.7 Å². The van der Waals surface area contributed by atoms with Crippen molar-refractivity contribution in [2.45, 2.75) is 12.8 Å². The maximum absolute atomic E-state index is 11.1. The molecule has 4 nitrogen and oxygen atoms in total. The molecule has 0 radical (unpaired) electrons. The van der Waals surface area contributed by atoms with Crippen LogP contribution < -0.4 is 0 Å². The predicted molar refractivity (Wildman–Crippen MR) is 47.2 cm³/mol. The summed E-state index contributed by atoms with van der Waals surface area (Å²) in [6.07, 6.45) is 2.51. The number of likely N-dealkylation sites (tertiary alicyclic amines) is 1. The van der Waals surface area contributed by atoms with Crippen LogP contribution in [-0.4, -0.2) is 43.9 Å². The molecule has 1 aliphatic heterocycles. The minimum atomic E-state index is -0.120. The van der Waals surface area contributed by atoms with Gasteiger partial charge in [0.1, 0.15) is 6.29 Å². The first-order valence-electron chi connectivity index (χ1n) is 4.51. The fourth-order valence-electron chi connectivity index (χ4n) is 1.62. The van der Waals surface area contributed by atoms with Gasteiger partial charge in [0.15, 0.2) is 0 Å². The van der Waals surface area contributed by atoms with Crippen LogP contribution in [0.15, 0.2) is 0 Å². The molecule has 0 N–H and O–H groups in total. The largest absolute Gasteiger partial charge is 0.469 e. The van der Waals surface area contributed by atoms with E-state index in [0.29, 0.717) is 6.54 Å². The van der Waals surface area contributed by atoms with Gasteiger partial charge in [-0.15, -0.1) is 0 Å². The summed E-state index contributed by atoms with van der Waals surface area (Å²) in [4.78, 5) is 23.4. The average Bonchev–Trinajstić information content (AvgIpc) is 2.18. The number of hydrogen-bond acceptors (Lipinski definition) is 4. The molecule has 0 unspecified atom stereocenters. The molecule has 1 aliphatic rings. The van der Waals surface area contributed by atoms with Crippen LogP contribution in [0.3, 0.4) is 0 Å². The Morgan fingerprint density at radius 2 is 2.15 bits per heavy atom. The lowest BCUT2D eigenvalue weighted by atomic mass is 9.97. The highest BCUT2D eigenvalue weighted by Crippen LogP contribution is 2.17. The van der Waals surface area contributed by atoms with Crippen LogP contribution in [0.5, 0.6) is 0 Å². The number of hydrogen-bond donors (Lipinski definition) is 0. The second kappa shape index (κ2) is 4.97. The number of nitrogens with zero attached hydrogens (tertiary/aromatic N) is 1. The van der Waals surface area contributed by atoms with Crippen molar-refractivity contribution in [2.24, 2.45) is 5.92 Å². The number of ether oxygens (including phenoxy) is 1. The average molecular weight is 185 g/mol. The molecule has 0 amide bonds. The molecule has 0 aromatic rings. The first-order chi connectivity index (χ1) is 6.27. The number of carbonyl (C=O) groups is 2. The van der Waals surface area contributed by atoms with Crippen LogP contribution in [0.4, 0.5) is 0 Å². The van der Waals surface area contributed by atoms with E-state index >= 15 is 0 Å². The van der Waals surface area contributed by atoms with Crippen LogP contribution in [0.2, 0.25) is 0 Å². The Morgan fingerprint density at radius 1 is 1.54 bits per heavy atom. The van der Waals surface area contributed by atoms with E-state index in [2.05, 4.69) is 4.74 Å². The van der Waals surface area contributed by atoms with Gasteiger partial charge in [0, 0.05) is 0 Å². The first kappa shape index (κ1) is 10.2. The van der Waals surface area contributed by atoms with E-state index in [1.54, 1.807) is 0 Å². The molecule has 1 rings (SSSR count). The van der Waals surface area contributed by atoms with Crippen molar-refractivity contribution in [3.8, 4) is 0 Å². The van der Waals surface area contributed by atoms with E-state index < -0.39 is 0 Å². The Bertz CT molecular complexity index is 185. The summed E-state index contributed by atoms with van der Waals surface area (Å²) in [6.45, 7) is 2.12. The molecule has 0 bridgehead atoms. The van der Waals surface area contributed by atoms with Gasteiger partial charge >= 0.3 is 5.97 Å². The molecule has 1 heterocycles. The number of aldehydes is 1. The number of esters is 1. The molecule has 0 aromatic heterocycles. The third-order valence-electron chi connectivity index (χ3n) is 2.45. The third kappa shape index (κ3) is 2.81. The van der Waals surface area contributed by atoms with Gasteiger partial charge in [0.2, 0.25) is 0 Å². The molecule has 0 aliphatic carbocycles. The second-order valence-corrected chi connectivity index (χ2v) is 3.26. The lowest BCUT2D eigenvalue weighted by Crippen LogP contribution is -2.37. The van der Waals surface area contributed by atoms with E-state index in [0.717, 1.165) is 32.2 Å². The molecule has 74 valence electrons. The molecule has 1 fully saturated rings. The minimum Gasteiger partial charge on any atom is -0.469 e. The molecule has 0 aromatic carbocycles. The lowest BCUT2D eigenvalue weighted by Gasteiger charge is -2.28. The van der Waals surface area contributed by atoms with Crippen molar-refractivity contribution in [3.05, 3.63) is 0 Å². The van der Waals surface area contributed by atoms with Gasteiger partial charge in [-0.25, -0.2) is 0 Å². The van der Waals surface area contributed by atoms with E-state index in [1.165, 1.54) is 7.11 Å². The molecule has 13 heavy (non-hydrogen) atoms. The van der Waals surface area contributed by atoms with Crippen LogP contribution in [0, 0.1) is 5.92 Å². The van der Waals surface area contributed by atoms with Gasteiger partial charge < -0.3 is 9.53 Å². The van der Waals surface area contributed by atoms with Crippen molar-refractivity contribution in [1.82, 2.24) is 4.90 Å². The zero-order chi connectivity index (χ0) is 9.68. The van der Waals surface area contributed by atoms with Gasteiger partial charge in [0.05, 0.1) is 19.6 Å².